The maximum Gasteiger partial charge on any atom is 0.272 e. The van der Waals surface area contributed by atoms with E-state index in [9.17, 15) is 15.2 Å². The van der Waals surface area contributed by atoms with Gasteiger partial charge in [0.05, 0.1) is 11.0 Å². The van der Waals surface area contributed by atoms with E-state index in [1.54, 1.807) is 18.2 Å². The molecule has 0 fully saturated rings. The van der Waals surface area contributed by atoms with Gasteiger partial charge in [-0.15, -0.1) is 0 Å². The number of hydrogen-bond donors (Lipinski definition) is 1. The molecule has 0 aliphatic carbocycles. The Morgan fingerprint density at radius 1 is 1.16 bits per heavy atom. The molecule has 0 aliphatic rings. The average molecular weight is 369 g/mol. The number of aliphatic hydroxyl groups excluding tert-OH is 1. The van der Waals surface area contributed by atoms with E-state index in [0.29, 0.717) is 5.56 Å². The maximum atomic E-state index is 10.9. The Morgan fingerprint density at radius 2 is 1.79 bits per heavy atom. The van der Waals surface area contributed by atoms with Gasteiger partial charge in [0.15, 0.2) is 0 Å². The number of para-hydroxylation sites is 1. The van der Waals surface area contributed by atoms with E-state index in [1.165, 1.54) is 6.07 Å². The zero-order chi connectivity index (χ0) is 13.8. The normalized spacial score (nSPS) is 12.1. The number of nitro benzene ring substituents is 1. The highest BCUT2D eigenvalue weighted by molar-refractivity contribution is 14.1. The van der Waals surface area contributed by atoms with Crippen LogP contribution in [0.1, 0.15) is 17.2 Å². The molecule has 0 saturated heterocycles. The largest absolute Gasteiger partial charge is 0.388 e. The van der Waals surface area contributed by atoms with E-state index in [1.807, 2.05) is 24.3 Å². The SMILES string of the molecule is O=[N+]([O-])c1ccccc1CC(O)c1ccccc1I. The minimum atomic E-state index is -0.741. The Labute approximate surface area is 124 Å². The fraction of sp³-hybridized carbons (Fsp3) is 0.143. The standard InChI is InChI=1S/C14H12INO3/c15-12-7-3-2-6-11(12)14(17)9-10-5-1-4-8-13(10)16(18)19/h1-8,14,17H,9H2. The van der Waals surface area contributed by atoms with E-state index < -0.39 is 11.0 Å². The Balaban J connectivity index is 2.27. The number of rotatable bonds is 4. The van der Waals surface area contributed by atoms with Crippen LogP contribution in [0.3, 0.4) is 0 Å². The molecule has 0 heterocycles. The van der Waals surface area contributed by atoms with Gasteiger partial charge in [-0.3, -0.25) is 10.1 Å². The number of hydrogen-bond acceptors (Lipinski definition) is 3. The second-order valence-electron chi connectivity index (χ2n) is 4.13. The van der Waals surface area contributed by atoms with Gasteiger partial charge >= 0.3 is 0 Å². The smallest absolute Gasteiger partial charge is 0.272 e. The molecule has 1 unspecified atom stereocenters. The molecule has 98 valence electrons. The van der Waals surface area contributed by atoms with Crippen molar-refractivity contribution in [3.63, 3.8) is 0 Å². The monoisotopic (exact) mass is 369 g/mol. The molecule has 0 amide bonds. The summed E-state index contributed by atoms with van der Waals surface area (Å²) >= 11 is 2.15. The Hall–Kier alpha value is -1.47. The molecule has 0 spiro atoms. The Kier molecular flexibility index (Phi) is 4.49. The van der Waals surface area contributed by atoms with Crippen molar-refractivity contribution in [3.05, 3.63) is 73.3 Å². The molecule has 2 aromatic carbocycles. The van der Waals surface area contributed by atoms with E-state index >= 15 is 0 Å². The third kappa shape index (κ3) is 3.30. The minimum Gasteiger partial charge on any atom is -0.388 e. The summed E-state index contributed by atoms with van der Waals surface area (Å²) in [6.07, 6.45) is -0.508. The number of nitrogens with zero attached hydrogens (tertiary/aromatic N) is 1. The molecule has 0 aliphatic heterocycles. The summed E-state index contributed by atoms with van der Waals surface area (Å²) in [6, 6.07) is 14.0. The van der Waals surface area contributed by atoms with Crippen LogP contribution >= 0.6 is 22.6 Å². The number of nitro groups is 1. The van der Waals surface area contributed by atoms with Gasteiger partial charge in [0.25, 0.3) is 5.69 Å². The summed E-state index contributed by atoms with van der Waals surface area (Å²) in [5.41, 5.74) is 1.38. The van der Waals surface area contributed by atoms with Gasteiger partial charge in [-0.1, -0.05) is 36.4 Å². The van der Waals surface area contributed by atoms with E-state index in [4.69, 9.17) is 0 Å². The van der Waals surface area contributed by atoms with Gasteiger partial charge in [-0.2, -0.15) is 0 Å². The molecular formula is C14H12INO3. The summed E-state index contributed by atoms with van der Waals surface area (Å²) in [5.74, 6) is 0. The van der Waals surface area contributed by atoms with Crippen molar-refractivity contribution in [1.29, 1.82) is 0 Å². The van der Waals surface area contributed by atoms with Crippen molar-refractivity contribution < 1.29 is 10.0 Å². The molecule has 2 aromatic rings. The Bertz CT molecular complexity index is 601. The minimum absolute atomic E-state index is 0.0486. The maximum absolute atomic E-state index is 10.9. The first kappa shape index (κ1) is 14.0. The third-order valence-electron chi connectivity index (χ3n) is 2.87. The second kappa shape index (κ2) is 6.12. The van der Waals surface area contributed by atoms with Gasteiger partial charge in [0, 0.05) is 21.6 Å². The summed E-state index contributed by atoms with van der Waals surface area (Å²) in [7, 11) is 0. The third-order valence-corrected chi connectivity index (χ3v) is 3.85. The lowest BCUT2D eigenvalue weighted by atomic mass is 10.0. The first-order valence-electron chi connectivity index (χ1n) is 5.74. The lowest BCUT2D eigenvalue weighted by Crippen LogP contribution is -2.05. The van der Waals surface area contributed by atoms with Gasteiger partial charge in [0.1, 0.15) is 0 Å². The highest BCUT2D eigenvalue weighted by Gasteiger charge is 2.18. The molecule has 5 heteroatoms. The fourth-order valence-corrected chi connectivity index (χ4v) is 2.67. The molecule has 2 rings (SSSR count). The number of aliphatic hydroxyl groups is 1. The highest BCUT2D eigenvalue weighted by atomic mass is 127. The van der Waals surface area contributed by atoms with Crippen LogP contribution in [0.5, 0.6) is 0 Å². The molecule has 0 bridgehead atoms. The average Bonchev–Trinajstić information content (AvgIpc) is 2.39. The molecule has 0 aromatic heterocycles. The highest BCUT2D eigenvalue weighted by Crippen LogP contribution is 2.27. The predicted octanol–water partition coefficient (Wildman–Crippen LogP) is 3.48. The van der Waals surface area contributed by atoms with Crippen molar-refractivity contribution >= 4 is 28.3 Å². The molecule has 1 N–H and O–H groups in total. The number of benzene rings is 2. The van der Waals surface area contributed by atoms with Crippen LogP contribution in [0.15, 0.2) is 48.5 Å². The van der Waals surface area contributed by atoms with Crippen LogP contribution in [0.4, 0.5) is 5.69 Å². The summed E-state index contributed by atoms with van der Waals surface area (Å²) in [5, 5.41) is 21.2. The van der Waals surface area contributed by atoms with Gasteiger partial charge in [-0.25, -0.2) is 0 Å². The lowest BCUT2D eigenvalue weighted by molar-refractivity contribution is -0.385. The van der Waals surface area contributed by atoms with Crippen molar-refractivity contribution in [1.82, 2.24) is 0 Å². The van der Waals surface area contributed by atoms with Gasteiger partial charge < -0.3 is 5.11 Å². The Morgan fingerprint density at radius 3 is 2.47 bits per heavy atom. The second-order valence-corrected chi connectivity index (χ2v) is 5.29. The van der Waals surface area contributed by atoms with Crippen LogP contribution < -0.4 is 0 Å². The molecule has 1 atom stereocenters. The van der Waals surface area contributed by atoms with E-state index in [2.05, 4.69) is 22.6 Å². The molecular weight excluding hydrogens is 357 g/mol. The quantitative estimate of drug-likeness (QED) is 0.510. The van der Waals surface area contributed by atoms with Crippen molar-refractivity contribution in [3.8, 4) is 0 Å². The first-order valence-corrected chi connectivity index (χ1v) is 6.82. The van der Waals surface area contributed by atoms with Crippen LogP contribution in [-0.4, -0.2) is 10.0 Å². The summed E-state index contributed by atoms with van der Waals surface area (Å²) in [4.78, 5) is 10.5. The topological polar surface area (TPSA) is 63.4 Å². The van der Waals surface area contributed by atoms with Crippen LogP contribution in [0.25, 0.3) is 0 Å². The van der Waals surface area contributed by atoms with Gasteiger partial charge in [0.2, 0.25) is 0 Å². The first-order chi connectivity index (χ1) is 9.09. The zero-order valence-corrected chi connectivity index (χ0v) is 12.1. The summed E-state index contributed by atoms with van der Waals surface area (Å²) < 4.78 is 0.950. The van der Waals surface area contributed by atoms with Crippen molar-refractivity contribution in [2.45, 2.75) is 12.5 Å². The van der Waals surface area contributed by atoms with Crippen LogP contribution in [-0.2, 0) is 6.42 Å². The van der Waals surface area contributed by atoms with Crippen LogP contribution in [0, 0.1) is 13.7 Å². The van der Waals surface area contributed by atoms with E-state index in [-0.39, 0.29) is 12.1 Å². The summed E-state index contributed by atoms with van der Waals surface area (Å²) in [6.45, 7) is 0. The van der Waals surface area contributed by atoms with Crippen LogP contribution in [0.2, 0.25) is 0 Å². The van der Waals surface area contributed by atoms with Crippen molar-refractivity contribution in [2.75, 3.05) is 0 Å². The number of halogens is 1. The molecule has 0 saturated carbocycles. The zero-order valence-electron chi connectivity index (χ0n) is 9.99. The van der Waals surface area contributed by atoms with Crippen molar-refractivity contribution in [2.24, 2.45) is 0 Å². The molecule has 19 heavy (non-hydrogen) atoms. The predicted molar refractivity (Wildman–Crippen MR) is 80.9 cm³/mol. The molecule has 4 nitrogen and oxygen atoms in total. The molecule has 0 radical (unpaired) electrons. The fourth-order valence-electron chi connectivity index (χ4n) is 1.93. The van der Waals surface area contributed by atoms with Gasteiger partial charge in [-0.05, 0) is 34.2 Å². The van der Waals surface area contributed by atoms with E-state index in [0.717, 1.165) is 9.13 Å². The lowest BCUT2D eigenvalue weighted by Gasteiger charge is -2.13.